The minimum Gasteiger partial charge on any atom is -0.595 e. The van der Waals surface area contributed by atoms with Gasteiger partial charge in [0.25, 0.3) is 0 Å². The van der Waals surface area contributed by atoms with Crippen molar-refractivity contribution in [2.45, 2.75) is 6.61 Å². The second kappa shape index (κ2) is 5.88. The molecule has 2 N–H and O–H groups in total. The first-order valence-electron chi connectivity index (χ1n) is 6.53. The summed E-state index contributed by atoms with van der Waals surface area (Å²) < 4.78 is 5.80. The van der Waals surface area contributed by atoms with Crippen LogP contribution in [0, 0.1) is 5.21 Å². The first-order chi connectivity index (χ1) is 10.2. The number of rotatable bonds is 4. The molecule has 1 heterocycles. The minimum atomic E-state index is -0.930. The molecule has 0 spiro atoms. The predicted molar refractivity (Wildman–Crippen MR) is 78.3 cm³/mol. The number of aromatic nitrogens is 1. The molecule has 106 valence electrons. The lowest BCUT2D eigenvalue weighted by Gasteiger charge is -2.12. The van der Waals surface area contributed by atoms with Gasteiger partial charge in [-0.1, -0.05) is 18.2 Å². The van der Waals surface area contributed by atoms with E-state index in [0.29, 0.717) is 6.61 Å². The van der Waals surface area contributed by atoms with Crippen molar-refractivity contribution in [1.82, 2.24) is 4.98 Å². The molecular formula is C16H14N2O3. The number of fused-ring (bicyclic) bond motifs is 1. The molecule has 0 aliphatic rings. The fraction of sp³-hybridized carbons (Fsp3) is 0.0625. The average molecular weight is 282 g/mol. The summed E-state index contributed by atoms with van der Waals surface area (Å²) in [6, 6.07) is 16.3. The van der Waals surface area contributed by atoms with Crippen LogP contribution in [0.25, 0.3) is 10.9 Å². The first-order valence-corrected chi connectivity index (χ1v) is 6.53. The zero-order valence-corrected chi connectivity index (χ0v) is 11.2. The summed E-state index contributed by atoms with van der Waals surface area (Å²) in [6.07, 6.45) is 1.73. The Morgan fingerprint density at radius 2 is 1.81 bits per heavy atom. The van der Waals surface area contributed by atoms with Gasteiger partial charge in [-0.05, 0) is 29.8 Å². The van der Waals surface area contributed by atoms with Crippen molar-refractivity contribution in [3.63, 3.8) is 0 Å². The van der Waals surface area contributed by atoms with Crippen LogP contribution >= 0.6 is 0 Å². The summed E-state index contributed by atoms with van der Waals surface area (Å²) in [5.41, 5.74) is 2.00. The van der Waals surface area contributed by atoms with Crippen molar-refractivity contribution in [2.75, 3.05) is 0 Å². The van der Waals surface area contributed by atoms with Crippen LogP contribution in [0.1, 0.15) is 5.56 Å². The zero-order chi connectivity index (χ0) is 14.7. The van der Waals surface area contributed by atoms with E-state index in [9.17, 15) is 5.21 Å². The minimum absolute atomic E-state index is 0.269. The number of benzene rings is 2. The quantitative estimate of drug-likeness (QED) is 0.720. The summed E-state index contributed by atoms with van der Waals surface area (Å²) >= 11 is 0. The Bertz CT molecular complexity index is 737. The Hall–Kier alpha value is -2.47. The van der Waals surface area contributed by atoms with Crippen LogP contribution in [0.15, 0.2) is 60.8 Å². The van der Waals surface area contributed by atoms with Crippen LogP contribution in [0.5, 0.6) is 5.75 Å². The summed E-state index contributed by atoms with van der Waals surface area (Å²) in [4.78, 5) is 4.33. The van der Waals surface area contributed by atoms with Gasteiger partial charge in [-0.2, -0.15) is 5.23 Å². The second-order valence-corrected chi connectivity index (χ2v) is 4.62. The Morgan fingerprint density at radius 3 is 2.57 bits per heavy atom. The molecule has 1 atom stereocenters. The van der Waals surface area contributed by atoms with Gasteiger partial charge >= 0.3 is 0 Å². The van der Waals surface area contributed by atoms with Crippen LogP contribution < -0.4 is 9.96 Å². The fourth-order valence-electron chi connectivity index (χ4n) is 2.10. The smallest absolute Gasteiger partial charge is 0.163 e. The number of hydrogen-bond acceptors (Lipinski definition) is 4. The normalized spacial score (nSPS) is 12.3. The third-order valence-corrected chi connectivity index (χ3v) is 3.19. The lowest BCUT2D eigenvalue weighted by atomic mass is 10.2. The maximum atomic E-state index is 10.8. The van der Waals surface area contributed by atoms with E-state index in [0.717, 1.165) is 22.2 Å². The molecule has 1 unspecified atom stereocenters. The highest BCUT2D eigenvalue weighted by Crippen LogP contribution is 2.23. The molecule has 3 aromatic rings. The maximum Gasteiger partial charge on any atom is 0.163 e. The molecule has 2 aromatic carbocycles. The van der Waals surface area contributed by atoms with Gasteiger partial charge < -0.3 is 9.94 Å². The second-order valence-electron chi connectivity index (χ2n) is 4.62. The molecule has 1 aromatic heterocycles. The van der Waals surface area contributed by atoms with E-state index >= 15 is 0 Å². The molecule has 21 heavy (non-hydrogen) atoms. The summed E-state index contributed by atoms with van der Waals surface area (Å²) in [5, 5.41) is 19.8. The van der Waals surface area contributed by atoms with E-state index in [4.69, 9.17) is 9.94 Å². The van der Waals surface area contributed by atoms with E-state index in [-0.39, 0.29) is 5.69 Å². The molecule has 0 aliphatic heterocycles. The number of pyridine rings is 1. The molecule has 0 bridgehead atoms. The van der Waals surface area contributed by atoms with Gasteiger partial charge in [-0.25, -0.2) is 5.21 Å². The average Bonchev–Trinajstić information content (AvgIpc) is 2.53. The highest BCUT2D eigenvalue weighted by atomic mass is 16.8. The monoisotopic (exact) mass is 282 g/mol. The van der Waals surface area contributed by atoms with Gasteiger partial charge in [0.05, 0.1) is 0 Å². The van der Waals surface area contributed by atoms with Gasteiger partial charge in [-0.3, -0.25) is 4.98 Å². The van der Waals surface area contributed by atoms with Crippen LogP contribution in [0.4, 0.5) is 5.69 Å². The highest BCUT2D eigenvalue weighted by Gasteiger charge is 2.04. The molecule has 0 radical (unpaired) electrons. The van der Waals surface area contributed by atoms with Crippen molar-refractivity contribution in [3.05, 3.63) is 71.6 Å². The van der Waals surface area contributed by atoms with E-state index in [1.54, 1.807) is 30.5 Å². The lowest BCUT2D eigenvalue weighted by Crippen LogP contribution is -2.99. The van der Waals surface area contributed by atoms with Crippen molar-refractivity contribution in [1.29, 1.82) is 0 Å². The van der Waals surface area contributed by atoms with E-state index in [1.807, 2.05) is 30.3 Å². The van der Waals surface area contributed by atoms with Gasteiger partial charge in [0.1, 0.15) is 17.9 Å². The molecule has 0 saturated carbocycles. The third kappa shape index (κ3) is 3.00. The number of quaternary nitrogens is 1. The Balaban J connectivity index is 1.77. The topological polar surface area (TPSA) is 69.9 Å². The van der Waals surface area contributed by atoms with Gasteiger partial charge in [0, 0.05) is 23.7 Å². The molecular weight excluding hydrogens is 268 g/mol. The fourth-order valence-corrected chi connectivity index (χ4v) is 2.10. The molecule has 0 aliphatic carbocycles. The van der Waals surface area contributed by atoms with Crippen molar-refractivity contribution in [3.8, 4) is 5.75 Å². The maximum absolute atomic E-state index is 10.8. The third-order valence-electron chi connectivity index (χ3n) is 3.19. The summed E-state index contributed by atoms with van der Waals surface area (Å²) in [6.45, 7) is 0.371. The molecule has 3 rings (SSSR count). The van der Waals surface area contributed by atoms with Gasteiger partial charge in [-0.15, -0.1) is 0 Å². The molecule has 0 amide bonds. The Labute approximate surface area is 121 Å². The van der Waals surface area contributed by atoms with E-state index in [1.165, 1.54) is 0 Å². The van der Waals surface area contributed by atoms with Crippen molar-refractivity contribution < 1.29 is 15.2 Å². The largest absolute Gasteiger partial charge is 0.595 e. The van der Waals surface area contributed by atoms with Crippen LogP contribution in [-0.2, 0) is 6.61 Å². The summed E-state index contributed by atoms with van der Waals surface area (Å²) in [5.74, 6) is 0.718. The zero-order valence-electron chi connectivity index (χ0n) is 11.2. The Morgan fingerprint density at radius 1 is 1.05 bits per heavy atom. The number of nitrogens with one attached hydrogen (secondary N) is 1. The standard InChI is InChI=1S/C16H14N2O3/c19-18(20)14-8-6-12(7-9-14)11-21-15-5-1-3-13-4-2-10-17-16(13)15/h1-10,18-19H,11H2. The SMILES string of the molecule is [O-][NH+](O)c1ccc(COc2cccc3cccnc23)cc1. The van der Waals surface area contributed by atoms with Crippen LogP contribution in [0.2, 0.25) is 0 Å². The number of nitrogens with zero attached hydrogens (tertiary/aromatic N) is 1. The van der Waals surface area contributed by atoms with Gasteiger partial charge in [0.2, 0.25) is 0 Å². The molecule has 5 nitrogen and oxygen atoms in total. The predicted octanol–water partition coefficient (Wildman–Crippen LogP) is 2.22. The van der Waals surface area contributed by atoms with E-state index in [2.05, 4.69) is 4.98 Å². The first kappa shape index (κ1) is 13.5. The lowest BCUT2D eigenvalue weighted by molar-refractivity contribution is -0.991. The number of ether oxygens (including phenoxy) is 1. The Kier molecular flexibility index (Phi) is 3.79. The molecule has 0 fully saturated rings. The highest BCUT2D eigenvalue weighted by molar-refractivity contribution is 5.84. The van der Waals surface area contributed by atoms with Gasteiger partial charge in [0.15, 0.2) is 5.69 Å². The number of hydrogen-bond donors (Lipinski definition) is 2. The van der Waals surface area contributed by atoms with E-state index < -0.39 is 5.23 Å². The van der Waals surface area contributed by atoms with Crippen LogP contribution in [-0.4, -0.2) is 10.2 Å². The van der Waals surface area contributed by atoms with Crippen molar-refractivity contribution >= 4 is 16.6 Å². The molecule has 0 saturated heterocycles. The molecule has 5 heteroatoms. The number of para-hydroxylation sites is 1. The van der Waals surface area contributed by atoms with Crippen molar-refractivity contribution in [2.24, 2.45) is 0 Å². The summed E-state index contributed by atoms with van der Waals surface area (Å²) in [7, 11) is 0. The van der Waals surface area contributed by atoms with Crippen LogP contribution in [0.3, 0.4) is 0 Å².